The summed E-state index contributed by atoms with van der Waals surface area (Å²) in [7, 11) is 0. The van der Waals surface area contributed by atoms with Crippen molar-refractivity contribution in [2.45, 2.75) is 46.7 Å². The number of ether oxygens (including phenoxy) is 1. The van der Waals surface area contributed by atoms with E-state index in [2.05, 4.69) is 11.4 Å². The van der Waals surface area contributed by atoms with Crippen LogP contribution in [0, 0.1) is 20.8 Å². The van der Waals surface area contributed by atoms with Gasteiger partial charge in [0.05, 0.1) is 0 Å². The lowest BCUT2D eigenvalue weighted by Gasteiger charge is -2.31. The molecule has 3 rings (SSSR count). The van der Waals surface area contributed by atoms with Gasteiger partial charge in [0.2, 0.25) is 5.91 Å². The summed E-state index contributed by atoms with van der Waals surface area (Å²) in [6.07, 6.45) is 0.424. The second kappa shape index (κ2) is 12.0. The molecule has 0 aliphatic rings. The molecule has 3 aromatic carbocycles. The number of rotatable bonds is 10. The van der Waals surface area contributed by atoms with Crippen LogP contribution in [0.2, 0.25) is 0 Å². The topological polar surface area (TPSA) is 58.6 Å². The fourth-order valence-corrected chi connectivity index (χ4v) is 4.10. The molecule has 3 aromatic rings. The van der Waals surface area contributed by atoms with Gasteiger partial charge in [0.25, 0.3) is 5.91 Å². The Kier molecular flexibility index (Phi) is 8.86. The molecular formula is C29H34N2O3. The van der Waals surface area contributed by atoms with E-state index in [1.165, 1.54) is 0 Å². The van der Waals surface area contributed by atoms with Crippen LogP contribution in [0.1, 0.15) is 34.7 Å². The van der Waals surface area contributed by atoms with Crippen LogP contribution in [0.15, 0.2) is 72.8 Å². The average molecular weight is 459 g/mol. The maximum atomic E-state index is 13.5. The monoisotopic (exact) mass is 458 g/mol. The first-order valence-corrected chi connectivity index (χ1v) is 11.7. The van der Waals surface area contributed by atoms with Crippen molar-refractivity contribution in [2.24, 2.45) is 0 Å². The Morgan fingerprint density at radius 3 is 2.18 bits per heavy atom. The number of carbonyl (C=O) groups is 2. The normalized spacial score (nSPS) is 11.5. The lowest BCUT2D eigenvalue weighted by Crippen LogP contribution is -2.51. The molecule has 0 bridgehead atoms. The van der Waals surface area contributed by atoms with Crippen LogP contribution in [0.3, 0.4) is 0 Å². The minimum atomic E-state index is -0.654. The van der Waals surface area contributed by atoms with E-state index in [0.717, 1.165) is 27.8 Å². The number of nitrogens with zero attached hydrogens (tertiary/aromatic N) is 1. The molecule has 5 heteroatoms. The highest BCUT2D eigenvalue weighted by Gasteiger charge is 2.30. The summed E-state index contributed by atoms with van der Waals surface area (Å²) in [6, 6.07) is 23.0. The highest BCUT2D eigenvalue weighted by molar-refractivity contribution is 5.88. The van der Waals surface area contributed by atoms with Crippen LogP contribution in [0.4, 0.5) is 0 Å². The molecule has 178 valence electrons. The van der Waals surface area contributed by atoms with Crippen LogP contribution in [-0.2, 0) is 22.6 Å². The molecule has 0 saturated carbocycles. The Labute approximate surface area is 202 Å². The molecule has 0 aromatic heterocycles. The van der Waals surface area contributed by atoms with Crippen LogP contribution >= 0.6 is 0 Å². The van der Waals surface area contributed by atoms with Crippen LogP contribution in [0.25, 0.3) is 0 Å². The molecule has 5 nitrogen and oxygen atoms in total. The molecular weight excluding hydrogens is 424 g/mol. The van der Waals surface area contributed by atoms with Crippen molar-refractivity contribution in [1.82, 2.24) is 10.2 Å². The van der Waals surface area contributed by atoms with E-state index >= 15 is 0 Å². The largest absolute Gasteiger partial charge is 0.484 e. The van der Waals surface area contributed by atoms with Crippen molar-refractivity contribution in [1.29, 1.82) is 0 Å². The number of carbonyl (C=O) groups excluding carboxylic acids is 2. The van der Waals surface area contributed by atoms with Crippen molar-refractivity contribution in [3.05, 3.63) is 101 Å². The molecule has 0 unspecified atom stereocenters. The standard InChI is InChI=1S/C29H34N2O3/c1-5-30-29(33)27(18-24-11-7-6-8-12-24)31(19-25-13-9-10-21(2)15-25)28(32)20-34-26-16-22(3)14-23(4)17-26/h6-17,27H,5,18-20H2,1-4H3,(H,30,33)/t27-/m1/s1. The van der Waals surface area contributed by atoms with E-state index in [-0.39, 0.29) is 18.4 Å². The summed E-state index contributed by atoms with van der Waals surface area (Å²) < 4.78 is 5.89. The first-order valence-electron chi connectivity index (χ1n) is 11.7. The van der Waals surface area contributed by atoms with Crippen molar-refractivity contribution in [3.8, 4) is 5.75 Å². The minimum absolute atomic E-state index is 0.139. The summed E-state index contributed by atoms with van der Waals surface area (Å²) in [5.74, 6) is 0.255. The van der Waals surface area contributed by atoms with Crippen molar-refractivity contribution < 1.29 is 14.3 Å². The summed E-state index contributed by atoms with van der Waals surface area (Å²) in [4.78, 5) is 28.4. The predicted molar refractivity (Wildman–Crippen MR) is 136 cm³/mol. The van der Waals surface area contributed by atoms with Crippen molar-refractivity contribution in [3.63, 3.8) is 0 Å². The molecule has 0 aliphatic carbocycles. The Hall–Kier alpha value is -3.60. The maximum Gasteiger partial charge on any atom is 0.261 e. The Balaban J connectivity index is 1.90. The lowest BCUT2D eigenvalue weighted by atomic mass is 10.0. The quantitative estimate of drug-likeness (QED) is 0.476. The fraction of sp³-hybridized carbons (Fsp3) is 0.310. The van der Waals surface area contributed by atoms with Gasteiger partial charge in [0, 0.05) is 19.5 Å². The van der Waals surface area contributed by atoms with Crippen LogP contribution < -0.4 is 10.1 Å². The van der Waals surface area contributed by atoms with Gasteiger partial charge in [-0.05, 0) is 62.1 Å². The molecule has 2 amide bonds. The summed E-state index contributed by atoms with van der Waals surface area (Å²) in [6.45, 7) is 8.57. The zero-order valence-electron chi connectivity index (χ0n) is 20.5. The third-order valence-electron chi connectivity index (χ3n) is 5.62. The smallest absolute Gasteiger partial charge is 0.261 e. The van der Waals surface area contributed by atoms with Crippen LogP contribution in [0.5, 0.6) is 5.75 Å². The van der Waals surface area contributed by atoms with Crippen molar-refractivity contribution in [2.75, 3.05) is 13.2 Å². The molecule has 0 heterocycles. The summed E-state index contributed by atoms with van der Waals surface area (Å²) in [5, 5.41) is 2.91. The Morgan fingerprint density at radius 2 is 1.53 bits per heavy atom. The van der Waals surface area contributed by atoms with Gasteiger partial charge in [0.15, 0.2) is 6.61 Å². The molecule has 0 fully saturated rings. The van der Waals surface area contributed by atoms with Gasteiger partial charge in [-0.2, -0.15) is 0 Å². The third-order valence-corrected chi connectivity index (χ3v) is 5.62. The van der Waals surface area contributed by atoms with E-state index in [1.54, 1.807) is 4.90 Å². The average Bonchev–Trinajstić information content (AvgIpc) is 2.80. The molecule has 1 atom stereocenters. The molecule has 0 aliphatic heterocycles. The summed E-state index contributed by atoms with van der Waals surface area (Å²) in [5.41, 5.74) is 5.22. The number of amides is 2. The van der Waals surface area contributed by atoms with E-state index in [9.17, 15) is 9.59 Å². The number of benzene rings is 3. The second-order valence-electron chi connectivity index (χ2n) is 8.72. The van der Waals surface area contributed by atoms with Crippen molar-refractivity contribution >= 4 is 11.8 Å². The number of nitrogens with one attached hydrogen (secondary N) is 1. The van der Waals surface area contributed by atoms with E-state index in [4.69, 9.17) is 4.74 Å². The van der Waals surface area contributed by atoms with Crippen LogP contribution in [-0.4, -0.2) is 35.9 Å². The number of aryl methyl sites for hydroxylation is 3. The van der Waals surface area contributed by atoms with Gasteiger partial charge in [-0.1, -0.05) is 66.2 Å². The van der Waals surface area contributed by atoms with E-state index in [1.807, 2.05) is 94.4 Å². The molecule has 0 radical (unpaired) electrons. The number of likely N-dealkylation sites (N-methyl/N-ethyl adjacent to an activating group) is 1. The SMILES string of the molecule is CCNC(=O)[C@@H](Cc1ccccc1)N(Cc1cccc(C)c1)C(=O)COc1cc(C)cc(C)c1. The highest BCUT2D eigenvalue weighted by Crippen LogP contribution is 2.19. The van der Waals surface area contributed by atoms with Gasteiger partial charge < -0.3 is 15.0 Å². The molecule has 0 spiro atoms. The number of hydrogen-bond donors (Lipinski definition) is 1. The Bertz CT molecular complexity index is 1090. The zero-order chi connectivity index (χ0) is 24.5. The minimum Gasteiger partial charge on any atom is -0.484 e. The Morgan fingerprint density at radius 1 is 0.853 bits per heavy atom. The summed E-state index contributed by atoms with van der Waals surface area (Å²) >= 11 is 0. The van der Waals surface area contributed by atoms with Gasteiger partial charge in [-0.3, -0.25) is 9.59 Å². The van der Waals surface area contributed by atoms with Gasteiger partial charge >= 0.3 is 0 Å². The van der Waals surface area contributed by atoms with Gasteiger partial charge in [-0.25, -0.2) is 0 Å². The third kappa shape index (κ3) is 7.20. The van der Waals surface area contributed by atoms with E-state index < -0.39 is 6.04 Å². The number of hydrogen-bond acceptors (Lipinski definition) is 3. The maximum absolute atomic E-state index is 13.5. The van der Waals surface area contributed by atoms with Gasteiger partial charge in [0.1, 0.15) is 11.8 Å². The first-order chi connectivity index (χ1) is 16.4. The zero-order valence-corrected chi connectivity index (χ0v) is 20.5. The molecule has 0 saturated heterocycles. The molecule has 34 heavy (non-hydrogen) atoms. The lowest BCUT2D eigenvalue weighted by molar-refractivity contribution is -0.142. The first kappa shape index (κ1) is 25.0. The molecule has 1 N–H and O–H groups in total. The second-order valence-corrected chi connectivity index (χ2v) is 8.72. The highest BCUT2D eigenvalue weighted by atomic mass is 16.5. The predicted octanol–water partition coefficient (Wildman–Crippen LogP) is 4.77. The fourth-order valence-electron chi connectivity index (χ4n) is 4.10. The van der Waals surface area contributed by atoms with E-state index in [0.29, 0.717) is 25.3 Å². The van der Waals surface area contributed by atoms with Gasteiger partial charge in [-0.15, -0.1) is 0 Å².